The summed E-state index contributed by atoms with van der Waals surface area (Å²) in [7, 11) is 0. The molecule has 8 heteroatoms. The molecule has 0 saturated heterocycles. The lowest BCUT2D eigenvalue weighted by Crippen LogP contribution is -2.46. The van der Waals surface area contributed by atoms with E-state index in [1.165, 1.54) is 12.5 Å². The number of thiophene rings is 1. The molecular weight excluding hydrogens is 328 g/mol. The molecule has 0 unspecified atom stereocenters. The van der Waals surface area contributed by atoms with Crippen LogP contribution in [0.4, 0.5) is 4.79 Å². The van der Waals surface area contributed by atoms with Gasteiger partial charge < -0.3 is 10.1 Å². The fraction of sp³-hybridized carbons (Fsp3) is 0.500. The standard InChI is InChI=1S/C14H17ClN2O4S/c15-11-7-6-10(22-11)13(19)21-8-12(18)17-14(20)16-9-4-2-1-3-5-9/h6-7,9H,1-5,8H2,(H2,16,17,18,20). The molecule has 1 fully saturated rings. The largest absolute Gasteiger partial charge is 0.451 e. The van der Waals surface area contributed by atoms with E-state index in [9.17, 15) is 14.4 Å². The molecule has 0 bridgehead atoms. The SMILES string of the molecule is O=C(COC(=O)c1ccc(Cl)s1)NC(=O)NC1CCCCC1. The molecule has 0 aromatic carbocycles. The van der Waals surface area contributed by atoms with Gasteiger partial charge in [0.15, 0.2) is 6.61 Å². The molecule has 0 spiro atoms. The quantitative estimate of drug-likeness (QED) is 0.822. The first-order chi connectivity index (χ1) is 10.5. The maximum Gasteiger partial charge on any atom is 0.348 e. The summed E-state index contributed by atoms with van der Waals surface area (Å²) in [4.78, 5) is 35.1. The van der Waals surface area contributed by atoms with Gasteiger partial charge in [0, 0.05) is 6.04 Å². The number of ether oxygens (including phenoxy) is 1. The molecule has 1 aromatic rings. The van der Waals surface area contributed by atoms with E-state index in [1.54, 1.807) is 6.07 Å². The summed E-state index contributed by atoms with van der Waals surface area (Å²) in [6.45, 7) is -0.508. The number of esters is 1. The zero-order chi connectivity index (χ0) is 15.9. The summed E-state index contributed by atoms with van der Waals surface area (Å²) < 4.78 is 5.28. The van der Waals surface area contributed by atoms with E-state index in [0.29, 0.717) is 9.21 Å². The summed E-state index contributed by atoms with van der Waals surface area (Å²) in [5.74, 6) is -1.30. The molecule has 1 heterocycles. The van der Waals surface area contributed by atoms with E-state index in [0.717, 1.165) is 37.0 Å². The summed E-state index contributed by atoms with van der Waals surface area (Å²) in [5, 5.41) is 4.90. The third-order valence-corrected chi connectivity index (χ3v) is 4.51. The normalized spacial score (nSPS) is 15.1. The lowest BCUT2D eigenvalue weighted by atomic mass is 9.96. The van der Waals surface area contributed by atoms with E-state index in [-0.39, 0.29) is 6.04 Å². The number of carbonyl (C=O) groups excluding carboxylic acids is 3. The minimum Gasteiger partial charge on any atom is -0.451 e. The lowest BCUT2D eigenvalue weighted by Gasteiger charge is -2.22. The number of halogens is 1. The average molecular weight is 345 g/mol. The van der Waals surface area contributed by atoms with E-state index in [2.05, 4.69) is 10.6 Å². The Labute approximate surface area is 137 Å². The molecule has 2 rings (SSSR count). The van der Waals surface area contributed by atoms with Crippen molar-refractivity contribution in [1.29, 1.82) is 0 Å². The Morgan fingerprint density at radius 2 is 1.95 bits per heavy atom. The van der Waals surface area contributed by atoms with Gasteiger partial charge in [-0.3, -0.25) is 10.1 Å². The number of carbonyl (C=O) groups is 3. The predicted molar refractivity (Wildman–Crippen MR) is 83.2 cm³/mol. The van der Waals surface area contributed by atoms with Crippen molar-refractivity contribution in [2.24, 2.45) is 0 Å². The van der Waals surface area contributed by atoms with Crippen LogP contribution in [0.5, 0.6) is 0 Å². The van der Waals surface area contributed by atoms with Gasteiger partial charge in [0.1, 0.15) is 4.88 Å². The lowest BCUT2D eigenvalue weighted by molar-refractivity contribution is -0.123. The van der Waals surface area contributed by atoms with Gasteiger partial charge >= 0.3 is 12.0 Å². The molecule has 0 radical (unpaired) electrons. The highest BCUT2D eigenvalue weighted by Crippen LogP contribution is 2.21. The Bertz CT molecular complexity index is 555. The number of hydrogen-bond donors (Lipinski definition) is 2. The van der Waals surface area contributed by atoms with Crippen LogP contribution in [0.25, 0.3) is 0 Å². The molecule has 120 valence electrons. The molecule has 1 aliphatic carbocycles. The van der Waals surface area contributed by atoms with Gasteiger partial charge in [0.2, 0.25) is 0 Å². The molecule has 22 heavy (non-hydrogen) atoms. The van der Waals surface area contributed by atoms with Crippen molar-refractivity contribution in [3.63, 3.8) is 0 Å². The first kappa shape index (κ1) is 16.8. The molecule has 1 saturated carbocycles. The van der Waals surface area contributed by atoms with Crippen LogP contribution in [0.15, 0.2) is 12.1 Å². The van der Waals surface area contributed by atoms with Gasteiger partial charge in [0.25, 0.3) is 5.91 Å². The van der Waals surface area contributed by atoms with Gasteiger partial charge in [-0.25, -0.2) is 9.59 Å². The summed E-state index contributed by atoms with van der Waals surface area (Å²) in [6.07, 6.45) is 5.20. The molecule has 1 aromatic heterocycles. The maximum absolute atomic E-state index is 11.6. The first-order valence-corrected chi connectivity index (χ1v) is 8.27. The van der Waals surface area contributed by atoms with Crippen LogP contribution in [-0.2, 0) is 9.53 Å². The number of nitrogens with one attached hydrogen (secondary N) is 2. The van der Waals surface area contributed by atoms with E-state index in [4.69, 9.17) is 16.3 Å². The van der Waals surface area contributed by atoms with Crippen LogP contribution < -0.4 is 10.6 Å². The second-order valence-electron chi connectivity index (χ2n) is 5.04. The molecule has 3 amide bonds. The van der Waals surface area contributed by atoms with Crippen LogP contribution in [0, 0.1) is 0 Å². The van der Waals surface area contributed by atoms with E-state index >= 15 is 0 Å². The van der Waals surface area contributed by atoms with Gasteiger partial charge in [-0.15, -0.1) is 11.3 Å². The van der Waals surface area contributed by atoms with Crippen LogP contribution in [0.2, 0.25) is 4.34 Å². The van der Waals surface area contributed by atoms with Crippen molar-refractivity contribution in [3.05, 3.63) is 21.3 Å². The number of hydrogen-bond acceptors (Lipinski definition) is 5. The molecular formula is C14H17ClN2O4S. The van der Waals surface area contributed by atoms with Crippen molar-refractivity contribution < 1.29 is 19.1 Å². The maximum atomic E-state index is 11.6. The Kier molecular flexibility index (Phi) is 6.21. The van der Waals surface area contributed by atoms with Crippen molar-refractivity contribution in [3.8, 4) is 0 Å². The summed E-state index contributed by atoms with van der Waals surface area (Å²) in [5.41, 5.74) is 0. The van der Waals surface area contributed by atoms with Gasteiger partial charge in [-0.05, 0) is 25.0 Å². The molecule has 0 aliphatic heterocycles. The second-order valence-corrected chi connectivity index (χ2v) is 6.75. The number of urea groups is 1. The molecule has 6 nitrogen and oxygen atoms in total. The van der Waals surface area contributed by atoms with Crippen molar-refractivity contribution in [2.45, 2.75) is 38.1 Å². The smallest absolute Gasteiger partial charge is 0.348 e. The van der Waals surface area contributed by atoms with Gasteiger partial charge in [-0.2, -0.15) is 0 Å². The number of amides is 3. The van der Waals surface area contributed by atoms with Crippen LogP contribution in [0.1, 0.15) is 41.8 Å². The van der Waals surface area contributed by atoms with Gasteiger partial charge in [-0.1, -0.05) is 30.9 Å². The highest BCUT2D eigenvalue weighted by atomic mass is 35.5. The van der Waals surface area contributed by atoms with E-state index in [1.807, 2.05) is 0 Å². The van der Waals surface area contributed by atoms with Crippen molar-refractivity contribution in [1.82, 2.24) is 10.6 Å². The fourth-order valence-corrected chi connectivity index (χ4v) is 3.19. The Balaban J connectivity index is 1.68. The zero-order valence-corrected chi connectivity index (χ0v) is 13.5. The Morgan fingerprint density at radius 1 is 1.23 bits per heavy atom. The Hall–Kier alpha value is -1.60. The summed E-state index contributed by atoms with van der Waals surface area (Å²) in [6, 6.07) is 2.65. The Morgan fingerprint density at radius 3 is 2.59 bits per heavy atom. The highest BCUT2D eigenvalue weighted by Gasteiger charge is 2.18. The van der Waals surface area contributed by atoms with Crippen LogP contribution in [-0.4, -0.2) is 30.6 Å². The van der Waals surface area contributed by atoms with Crippen molar-refractivity contribution in [2.75, 3.05) is 6.61 Å². The summed E-state index contributed by atoms with van der Waals surface area (Å²) >= 11 is 6.77. The first-order valence-electron chi connectivity index (χ1n) is 7.07. The van der Waals surface area contributed by atoms with E-state index < -0.39 is 24.5 Å². The minimum absolute atomic E-state index is 0.109. The molecule has 0 atom stereocenters. The topological polar surface area (TPSA) is 84.5 Å². The van der Waals surface area contributed by atoms with Gasteiger partial charge in [0.05, 0.1) is 4.34 Å². The number of rotatable bonds is 4. The molecule has 1 aliphatic rings. The van der Waals surface area contributed by atoms with Crippen molar-refractivity contribution >= 4 is 40.8 Å². The number of imide groups is 1. The third-order valence-electron chi connectivity index (χ3n) is 3.30. The monoisotopic (exact) mass is 344 g/mol. The molecule has 2 N–H and O–H groups in total. The van der Waals surface area contributed by atoms with Crippen LogP contribution in [0.3, 0.4) is 0 Å². The average Bonchev–Trinajstić information content (AvgIpc) is 2.92. The minimum atomic E-state index is -0.663. The fourth-order valence-electron chi connectivity index (χ4n) is 2.26. The van der Waals surface area contributed by atoms with Crippen LogP contribution >= 0.6 is 22.9 Å². The third kappa shape index (κ3) is 5.31. The zero-order valence-electron chi connectivity index (χ0n) is 11.9. The highest BCUT2D eigenvalue weighted by molar-refractivity contribution is 7.17. The second kappa shape index (κ2) is 8.14. The predicted octanol–water partition coefficient (Wildman–Crippen LogP) is 2.72.